The second-order valence-electron chi connectivity index (χ2n) is 6.05. The first-order valence-corrected chi connectivity index (χ1v) is 8.71. The predicted molar refractivity (Wildman–Crippen MR) is 102 cm³/mol. The molecule has 6 heteroatoms. The second kappa shape index (κ2) is 7.92. The van der Waals surface area contributed by atoms with Gasteiger partial charge in [-0.3, -0.25) is 0 Å². The molecular weight excluding hydrogens is 361 g/mol. The molecule has 3 aromatic carbocycles. The SMILES string of the molecule is O=C(OCCOc1ccc(F)cc1)c1ccc2noc(-c3ccccc3)c2c1. The van der Waals surface area contributed by atoms with Crippen molar-refractivity contribution in [2.45, 2.75) is 0 Å². The normalized spacial score (nSPS) is 10.8. The van der Waals surface area contributed by atoms with E-state index in [0.717, 1.165) is 10.9 Å². The van der Waals surface area contributed by atoms with E-state index in [2.05, 4.69) is 5.16 Å². The highest BCUT2D eigenvalue weighted by Gasteiger charge is 2.14. The molecule has 0 radical (unpaired) electrons. The summed E-state index contributed by atoms with van der Waals surface area (Å²) in [5.74, 6) is 0.309. The molecule has 0 unspecified atom stereocenters. The molecule has 140 valence electrons. The summed E-state index contributed by atoms with van der Waals surface area (Å²) in [5.41, 5.74) is 1.94. The molecule has 5 nitrogen and oxygen atoms in total. The van der Waals surface area contributed by atoms with Gasteiger partial charge in [0.25, 0.3) is 0 Å². The van der Waals surface area contributed by atoms with Crippen molar-refractivity contribution in [2.24, 2.45) is 0 Å². The Morgan fingerprint density at radius 1 is 0.964 bits per heavy atom. The van der Waals surface area contributed by atoms with Crippen LogP contribution < -0.4 is 4.74 Å². The summed E-state index contributed by atoms with van der Waals surface area (Å²) in [6.07, 6.45) is 0. The highest BCUT2D eigenvalue weighted by Crippen LogP contribution is 2.29. The van der Waals surface area contributed by atoms with E-state index < -0.39 is 5.97 Å². The van der Waals surface area contributed by atoms with Gasteiger partial charge in [0.1, 0.15) is 30.3 Å². The lowest BCUT2D eigenvalue weighted by atomic mass is 10.1. The van der Waals surface area contributed by atoms with E-state index in [1.54, 1.807) is 18.2 Å². The Balaban J connectivity index is 1.42. The Labute approximate surface area is 160 Å². The maximum absolute atomic E-state index is 12.9. The third-order valence-electron chi connectivity index (χ3n) is 4.15. The number of fused-ring (bicyclic) bond motifs is 1. The molecule has 0 aliphatic carbocycles. The van der Waals surface area contributed by atoms with E-state index in [0.29, 0.717) is 22.6 Å². The van der Waals surface area contributed by atoms with Gasteiger partial charge in [0.05, 0.1) is 10.9 Å². The van der Waals surface area contributed by atoms with E-state index >= 15 is 0 Å². The fraction of sp³-hybridized carbons (Fsp3) is 0.0909. The smallest absolute Gasteiger partial charge is 0.338 e. The Morgan fingerprint density at radius 2 is 1.75 bits per heavy atom. The van der Waals surface area contributed by atoms with Gasteiger partial charge in [-0.1, -0.05) is 35.5 Å². The zero-order valence-electron chi connectivity index (χ0n) is 14.8. The van der Waals surface area contributed by atoms with Crippen LogP contribution in [0.15, 0.2) is 77.3 Å². The van der Waals surface area contributed by atoms with Gasteiger partial charge in [0.15, 0.2) is 5.76 Å². The summed E-state index contributed by atoms with van der Waals surface area (Å²) in [5, 5.41) is 4.78. The minimum Gasteiger partial charge on any atom is -0.490 e. The fourth-order valence-corrected chi connectivity index (χ4v) is 2.77. The Morgan fingerprint density at radius 3 is 2.54 bits per heavy atom. The van der Waals surface area contributed by atoms with Crippen LogP contribution in [0.25, 0.3) is 22.2 Å². The molecule has 0 saturated heterocycles. The summed E-state index contributed by atoms with van der Waals surface area (Å²) in [6, 6.07) is 20.3. The van der Waals surface area contributed by atoms with Crippen molar-refractivity contribution < 1.29 is 23.2 Å². The highest BCUT2D eigenvalue weighted by molar-refractivity contribution is 5.98. The zero-order chi connectivity index (χ0) is 19.3. The molecule has 1 heterocycles. The first-order chi connectivity index (χ1) is 13.7. The molecule has 28 heavy (non-hydrogen) atoms. The molecule has 0 bridgehead atoms. The summed E-state index contributed by atoms with van der Waals surface area (Å²) in [4.78, 5) is 12.3. The number of hydrogen-bond acceptors (Lipinski definition) is 5. The molecule has 0 aliphatic heterocycles. The van der Waals surface area contributed by atoms with E-state index in [-0.39, 0.29) is 19.0 Å². The van der Waals surface area contributed by atoms with Gasteiger partial charge in [-0.05, 0) is 42.5 Å². The Hall–Kier alpha value is -3.67. The van der Waals surface area contributed by atoms with Crippen molar-refractivity contribution in [1.29, 1.82) is 0 Å². The summed E-state index contributed by atoms with van der Waals surface area (Å²) < 4.78 is 29.0. The summed E-state index contributed by atoms with van der Waals surface area (Å²) >= 11 is 0. The number of benzene rings is 3. The second-order valence-corrected chi connectivity index (χ2v) is 6.05. The summed E-state index contributed by atoms with van der Waals surface area (Å²) in [7, 11) is 0. The van der Waals surface area contributed by atoms with Crippen LogP contribution in [0.2, 0.25) is 0 Å². The van der Waals surface area contributed by atoms with Crippen LogP contribution in [0, 0.1) is 5.82 Å². The van der Waals surface area contributed by atoms with Gasteiger partial charge >= 0.3 is 5.97 Å². The summed E-state index contributed by atoms with van der Waals surface area (Å²) in [6.45, 7) is 0.242. The number of hydrogen-bond donors (Lipinski definition) is 0. The Kier molecular flexibility index (Phi) is 5.01. The van der Waals surface area contributed by atoms with Crippen molar-refractivity contribution in [3.8, 4) is 17.1 Å². The monoisotopic (exact) mass is 377 g/mol. The maximum Gasteiger partial charge on any atom is 0.338 e. The van der Waals surface area contributed by atoms with Gasteiger partial charge in [-0.2, -0.15) is 0 Å². The molecule has 4 aromatic rings. The number of halogens is 1. The van der Waals surface area contributed by atoms with Crippen LogP contribution in [0.5, 0.6) is 5.75 Å². The third kappa shape index (κ3) is 3.86. The maximum atomic E-state index is 12.9. The average molecular weight is 377 g/mol. The number of esters is 1. The lowest BCUT2D eigenvalue weighted by Gasteiger charge is -2.07. The molecule has 0 fully saturated rings. The van der Waals surface area contributed by atoms with Crippen LogP contribution in [0.3, 0.4) is 0 Å². The van der Waals surface area contributed by atoms with Crippen molar-refractivity contribution in [3.63, 3.8) is 0 Å². The quantitative estimate of drug-likeness (QED) is 0.354. The molecule has 0 spiro atoms. The van der Waals surface area contributed by atoms with Crippen LogP contribution in [0.1, 0.15) is 10.4 Å². The molecular formula is C22H16FNO4. The van der Waals surface area contributed by atoms with Crippen LogP contribution >= 0.6 is 0 Å². The molecule has 1 aromatic heterocycles. The van der Waals surface area contributed by atoms with Crippen LogP contribution in [-0.2, 0) is 4.74 Å². The minimum absolute atomic E-state index is 0.0728. The van der Waals surface area contributed by atoms with Gasteiger partial charge < -0.3 is 14.0 Å². The number of ether oxygens (including phenoxy) is 2. The number of carbonyl (C=O) groups is 1. The van der Waals surface area contributed by atoms with E-state index in [9.17, 15) is 9.18 Å². The number of nitrogens with zero attached hydrogens (tertiary/aromatic N) is 1. The van der Waals surface area contributed by atoms with E-state index in [4.69, 9.17) is 14.0 Å². The molecule has 0 N–H and O–H groups in total. The van der Waals surface area contributed by atoms with E-state index in [1.807, 2.05) is 30.3 Å². The standard InChI is InChI=1S/C22H16FNO4/c23-17-7-9-18(10-8-17)26-12-13-27-22(25)16-6-11-20-19(14-16)21(28-24-20)15-4-2-1-3-5-15/h1-11,14H,12-13H2. The van der Waals surface area contributed by atoms with Gasteiger partial charge in [-0.25, -0.2) is 9.18 Å². The molecule has 0 saturated carbocycles. The van der Waals surface area contributed by atoms with Crippen molar-refractivity contribution in [3.05, 3.63) is 84.2 Å². The molecule has 0 amide bonds. The highest BCUT2D eigenvalue weighted by atomic mass is 19.1. The van der Waals surface area contributed by atoms with Crippen LogP contribution in [-0.4, -0.2) is 24.3 Å². The zero-order valence-corrected chi connectivity index (χ0v) is 14.8. The lowest BCUT2D eigenvalue weighted by Crippen LogP contribution is -2.12. The third-order valence-corrected chi connectivity index (χ3v) is 4.15. The fourth-order valence-electron chi connectivity index (χ4n) is 2.77. The first kappa shape index (κ1) is 17.7. The Bertz CT molecular complexity index is 1090. The predicted octanol–water partition coefficient (Wildman–Crippen LogP) is 4.87. The number of rotatable bonds is 6. The van der Waals surface area contributed by atoms with Gasteiger partial charge in [-0.15, -0.1) is 0 Å². The van der Waals surface area contributed by atoms with E-state index in [1.165, 1.54) is 24.3 Å². The van der Waals surface area contributed by atoms with Crippen LogP contribution in [0.4, 0.5) is 4.39 Å². The largest absolute Gasteiger partial charge is 0.490 e. The topological polar surface area (TPSA) is 61.6 Å². The minimum atomic E-state index is -0.468. The first-order valence-electron chi connectivity index (χ1n) is 8.71. The molecule has 0 atom stereocenters. The molecule has 0 aliphatic rings. The molecule has 4 rings (SSSR count). The van der Waals surface area contributed by atoms with Gasteiger partial charge in [0, 0.05) is 5.56 Å². The van der Waals surface area contributed by atoms with Crippen molar-refractivity contribution >= 4 is 16.9 Å². The van der Waals surface area contributed by atoms with Crippen molar-refractivity contribution in [1.82, 2.24) is 5.16 Å². The number of aromatic nitrogens is 1. The van der Waals surface area contributed by atoms with Gasteiger partial charge in [0.2, 0.25) is 0 Å². The van der Waals surface area contributed by atoms with Crippen molar-refractivity contribution in [2.75, 3.05) is 13.2 Å². The average Bonchev–Trinajstić information content (AvgIpc) is 3.16. The number of carbonyl (C=O) groups excluding carboxylic acids is 1. The lowest BCUT2D eigenvalue weighted by molar-refractivity contribution is 0.0450.